The highest BCUT2D eigenvalue weighted by atomic mass is 32.2. The largest absolute Gasteiger partial charge is 0.384 e. The molecule has 0 unspecified atom stereocenters. The maximum atomic E-state index is 12.3. The number of carbonyl (C=O) groups excluding carboxylic acids is 1. The fraction of sp³-hybridized carbons (Fsp3) is 0.150. The number of aromatic nitrogens is 2. The summed E-state index contributed by atoms with van der Waals surface area (Å²) in [5.74, 6) is 0.342. The van der Waals surface area contributed by atoms with Crippen molar-refractivity contribution in [3.05, 3.63) is 77.5 Å². The lowest BCUT2D eigenvalue weighted by Crippen LogP contribution is -2.11. The molecule has 0 spiro atoms. The van der Waals surface area contributed by atoms with Crippen LogP contribution in [0.1, 0.15) is 33.8 Å². The van der Waals surface area contributed by atoms with Crippen molar-refractivity contribution >= 4 is 29.2 Å². The fourth-order valence-corrected chi connectivity index (χ4v) is 3.46. The van der Waals surface area contributed by atoms with Gasteiger partial charge in [0.25, 0.3) is 5.91 Å². The zero-order valence-corrected chi connectivity index (χ0v) is 15.5. The number of anilines is 2. The Bertz CT molecular complexity index is 894. The summed E-state index contributed by atoms with van der Waals surface area (Å²) in [4.78, 5) is 21.0. The van der Waals surface area contributed by atoms with E-state index in [1.54, 1.807) is 18.2 Å². The Morgan fingerprint density at radius 3 is 2.58 bits per heavy atom. The zero-order valence-electron chi connectivity index (χ0n) is 14.6. The SMILES string of the molecule is Cc1cc(N)nc(S[C@@H](C)c2cccc(NC(=O)c3ccccc3)c2)n1. The molecule has 0 aliphatic carbocycles. The first kappa shape index (κ1) is 17.9. The number of nitrogens with zero attached hydrogens (tertiary/aromatic N) is 2. The predicted octanol–water partition coefficient (Wildman–Crippen LogP) is 4.47. The van der Waals surface area contributed by atoms with Crippen LogP contribution in [-0.2, 0) is 0 Å². The summed E-state index contributed by atoms with van der Waals surface area (Å²) < 4.78 is 0. The monoisotopic (exact) mass is 364 g/mol. The van der Waals surface area contributed by atoms with E-state index < -0.39 is 0 Å². The van der Waals surface area contributed by atoms with Gasteiger partial charge in [0.15, 0.2) is 5.16 Å². The van der Waals surface area contributed by atoms with Crippen molar-refractivity contribution < 1.29 is 4.79 Å². The normalized spacial score (nSPS) is 11.8. The molecule has 0 radical (unpaired) electrons. The summed E-state index contributed by atoms with van der Waals surface area (Å²) in [6.45, 7) is 3.97. The molecule has 1 atom stereocenters. The number of nitrogens with one attached hydrogen (secondary N) is 1. The molecule has 1 amide bonds. The van der Waals surface area contributed by atoms with Crippen molar-refractivity contribution in [1.29, 1.82) is 0 Å². The van der Waals surface area contributed by atoms with Gasteiger partial charge in [-0.05, 0) is 43.7 Å². The van der Waals surface area contributed by atoms with Crippen molar-refractivity contribution in [3.8, 4) is 0 Å². The van der Waals surface area contributed by atoms with Crippen molar-refractivity contribution in [2.45, 2.75) is 24.3 Å². The third-order valence-corrected chi connectivity index (χ3v) is 4.80. The van der Waals surface area contributed by atoms with Crippen LogP contribution >= 0.6 is 11.8 Å². The Labute approximate surface area is 157 Å². The number of aryl methyl sites for hydroxylation is 1. The Hall–Kier alpha value is -2.86. The standard InChI is InChI=1S/C20H20N4OS/c1-13-11-18(21)24-20(22-13)26-14(2)16-9-6-10-17(12-16)23-19(25)15-7-4-3-5-8-15/h3-12,14H,1-2H3,(H,23,25)(H2,21,22,24)/t14-/m0/s1. The number of hydrogen-bond donors (Lipinski definition) is 2. The van der Waals surface area contributed by atoms with E-state index in [-0.39, 0.29) is 11.2 Å². The molecule has 6 heteroatoms. The third-order valence-electron chi connectivity index (χ3n) is 3.79. The van der Waals surface area contributed by atoms with E-state index >= 15 is 0 Å². The van der Waals surface area contributed by atoms with E-state index in [4.69, 9.17) is 5.73 Å². The molecule has 1 aromatic heterocycles. The van der Waals surface area contributed by atoms with Gasteiger partial charge in [-0.3, -0.25) is 4.79 Å². The lowest BCUT2D eigenvalue weighted by Gasteiger charge is -2.13. The Kier molecular flexibility index (Phi) is 5.53. The third kappa shape index (κ3) is 4.61. The highest BCUT2D eigenvalue weighted by Crippen LogP contribution is 2.34. The molecule has 0 aliphatic heterocycles. The summed E-state index contributed by atoms with van der Waals surface area (Å²) in [6.07, 6.45) is 0. The average molecular weight is 364 g/mol. The summed E-state index contributed by atoms with van der Waals surface area (Å²) in [6, 6.07) is 18.7. The van der Waals surface area contributed by atoms with Crippen LogP contribution in [0, 0.1) is 6.92 Å². The smallest absolute Gasteiger partial charge is 0.255 e. The minimum Gasteiger partial charge on any atom is -0.384 e. The van der Waals surface area contributed by atoms with Gasteiger partial charge in [-0.15, -0.1) is 0 Å². The van der Waals surface area contributed by atoms with Crippen LogP contribution in [0.5, 0.6) is 0 Å². The topological polar surface area (TPSA) is 80.9 Å². The number of thioether (sulfide) groups is 1. The van der Waals surface area contributed by atoms with E-state index in [0.717, 1.165) is 16.9 Å². The second-order valence-electron chi connectivity index (χ2n) is 5.92. The minimum atomic E-state index is -0.127. The van der Waals surface area contributed by atoms with Gasteiger partial charge in [-0.1, -0.05) is 42.1 Å². The Morgan fingerprint density at radius 2 is 1.85 bits per heavy atom. The first-order valence-corrected chi connectivity index (χ1v) is 9.13. The van der Waals surface area contributed by atoms with Gasteiger partial charge >= 0.3 is 0 Å². The molecule has 2 aromatic carbocycles. The van der Waals surface area contributed by atoms with Gasteiger partial charge in [0.2, 0.25) is 0 Å². The number of hydrogen-bond acceptors (Lipinski definition) is 5. The number of nitrogens with two attached hydrogens (primary N) is 1. The van der Waals surface area contributed by atoms with Gasteiger partial charge < -0.3 is 11.1 Å². The second-order valence-corrected chi connectivity index (χ2v) is 7.23. The molecule has 0 saturated carbocycles. The number of amides is 1. The van der Waals surface area contributed by atoms with Crippen molar-refractivity contribution in [2.24, 2.45) is 0 Å². The first-order chi connectivity index (χ1) is 12.5. The molecule has 5 nitrogen and oxygen atoms in total. The fourth-order valence-electron chi connectivity index (χ4n) is 2.51. The molecule has 0 saturated heterocycles. The molecule has 3 aromatic rings. The van der Waals surface area contributed by atoms with E-state index in [1.807, 2.05) is 49.4 Å². The van der Waals surface area contributed by atoms with Crippen LogP contribution in [0.3, 0.4) is 0 Å². The van der Waals surface area contributed by atoms with Gasteiger partial charge in [0, 0.05) is 28.3 Å². The van der Waals surface area contributed by atoms with E-state index in [1.165, 1.54) is 11.8 Å². The van der Waals surface area contributed by atoms with E-state index in [0.29, 0.717) is 16.5 Å². The van der Waals surface area contributed by atoms with Gasteiger partial charge in [-0.2, -0.15) is 0 Å². The molecule has 0 aliphatic rings. The average Bonchev–Trinajstić information content (AvgIpc) is 2.62. The molecule has 132 valence electrons. The molecule has 0 bridgehead atoms. The maximum Gasteiger partial charge on any atom is 0.255 e. The summed E-state index contributed by atoms with van der Waals surface area (Å²) in [7, 11) is 0. The number of nitrogen functional groups attached to an aromatic ring is 1. The van der Waals surface area contributed by atoms with Crippen molar-refractivity contribution in [3.63, 3.8) is 0 Å². The number of carbonyl (C=O) groups is 1. The summed E-state index contributed by atoms with van der Waals surface area (Å²) >= 11 is 1.53. The van der Waals surface area contributed by atoms with Crippen LogP contribution in [-0.4, -0.2) is 15.9 Å². The highest BCUT2D eigenvalue weighted by Gasteiger charge is 2.12. The maximum absolute atomic E-state index is 12.3. The lowest BCUT2D eigenvalue weighted by molar-refractivity contribution is 0.102. The quantitative estimate of drug-likeness (QED) is 0.515. The van der Waals surface area contributed by atoms with Gasteiger partial charge in [0.05, 0.1) is 0 Å². The van der Waals surface area contributed by atoms with Crippen molar-refractivity contribution in [1.82, 2.24) is 9.97 Å². The lowest BCUT2D eigenvalue weighted by atomic mass is 10.1. The second kappa shape index (κ2) is 8.01. The molecule has 0 fully saturated rings. The van der Waals surface area contributed by atoms with E-state index in [2.05, 4.69) is 22.2 Å². The summed E-state index contributed by atoms with van der Waals surface area (Å²) in [5.41, 5.74) is 9.10. The van der Waals surface area contributed by atoms with E-state index in [9.17, 15) is 4.79 Å². The zero-order chi connectivity index (χ0) is 18.5. The minimum absolute atomic E-state index is 0.116. The first-order valence-electron chi connectivity index (χ1n) is 8.25. The number of benzene rings is 2. The number of rotatable bonds is 5. The Balaban J connectivity index is 1.73. The van der Waals surface area contributed by atoms with Crippen molar-refractivity contribution in [2.75, 3.05) is 11.1 Å². The van der Waals surface area contributed by atoms with Gasteiger partial charge in [0.1, 0.15) is 5.82 Å². The molecule has 26 heavy (non-hydrogen) atoms. The van der Waals surface area contributed by atoms with Crippen LogP contribution in [0.25, 0.3) is 0 Å². The van der Waals surface area contributed by atoms with Gasteiger partial charge in [-0.25, -0.2) is 9.97 Å². The highest BCUT2D eigenvalue weighted by molar-refractivity contribution is 7.99. The van der Waals surface area contributed by atoms with Crippen LogP contribution in [0.2, 0.25) is 0 Å². The summed E-state index contributed by atoms with van der Waals surface area (Å²) in [5, 5.41) is 3.70. The molecule has 3 N–H and O–H groups in total. The molecular weight excluding hydrogens is 344 g/mol. The van der Waals surface area contributed by atoms with Crippen LogP contribution in [0.15, 0.2) is 65.8 Å². The molecular formula is C20H20N4OS. The molecule has 3 rings (SSSR count). The molecule has 1 heterocycles. The predicted molar refractivity (Wildman–Crippen MR) is 106 cm³/mol. The van der Waals surface area contributed by atoms with Crippen LogP contribution in [0.4, 0.5) is 11.5 Å². The van der Waals surface area contributed by atoms with Crippen LogP contribution < -0.4 is 11.1 Å². The Morgan fingerprint density at radius 1 is 1.08 bits per heavy atom.